The SMILES string of the molecule is CCNC(=NCc1cccnc1N(C)C)N1CCN(Cc2ccon2)CC1.I. The summed E-state index contributed by atoms with van der Waals surface area (Å²) in [6.07, 6.45) is 3.45. The topological polar surface area (TPSA) is 73.0 Å². The van der Waals surface area contributed by atoms with E-state index < -0.39 is 0 Å². The minimum Gasteiger partial charge on any atom is -0.364 e. The summed E-state index contributed by atoms with van der Waals surface area (Å²) in [5.74, 6) is 1.93. The third-order valence-electron chi connectivity index (χ3n) is 4.57. The Hall–Kier alpha value is -1.88. The van der Waals surface area contributed by atoms with Crippen molar-refractivity contribution in [3.05, 3.63) is 41.9 Å². The molecule has 1 aliphatic rings. The smallest absolute Gasteiger partial charge is 0.194 e. The molecule has 1 saturated heterocycles. The van der Waals surface area contributed by atoms with Crippen molar-refractivity contribution in [1.82, 2.24) is 25.3 Å². The maximum atomic E-state index is 4.92. The summed E-state index contributed by atoms with van der Waals surface area (Å²) < 4.78 is 4.92. The highest BCUT2D eigenvalue weighted by molar-refractivity contribution is 14.0. The van der Waals surface area contributed by atoms with Crippen molar-refractivity contribution in [3.63, 3.8) is 0 Å². The van der Waals surface area contributed by atoms with Gasteiger partial charge in [-0.1, -0.05) is 11.2 Å². The van der Waals surface area contributed by atoms with Crippen LogP contribution in [0.15, 0.2) is 40.2 Å². The zero-order chi connectivity index (χ0) is 19.1. The number of hydrogen-bond acceptors (Lipinski definition) is 6. The molecule has 2 aromatic rings. The molecule has 0 aromatic carbocycles. The Morgan fingerprint density at radius 1 is 1.25 bits per heavy atom. The Bertz CT molecular complexity index is 728. The lowest BCUT2D eigenvalue weighted by atomic mass is 10.2. The van der Waals surface area contributed by atoms with E-state index in [9.17, 15) is 0 Å². The average Bonchev–Trinajstić information content (AvgIpc) is 3.19. The molecule has 0 atom stereocenters. The van der Waals surface area contributed by atoms with Gasteiger partial charge >= 0.3 is 0 Å². The second kappa shape index (κ2) is 11.2. The minimum atomic E-state index is 0. The van der Waals surface area contributed by atoms with Crippen LogP contribution >= 0.6 is 24.0 Å². The lowest BCUT2D eigenvalue weighted by Gasteiger charge is -2.36. The largest absolute Gasteiger partial charge is 0.364 e. The number of pyridine rings is 1. The molecule has 28 heavy (non-hydrogen) atoms. The summed E-state index contributed by atoms with van der Waals surface area (Å²) in [6.45, 7) is 8.24. The molecule has 0 amide bonds. The molecule has 3 heterocycles. The van der Waals surface area contributed by atoms with Crippen LogP contribution in [0.1, 0.15) is 18.2 Å². The van der Waals surface area contributed by atoms with Gasteiger partial charge in [0.15, 0.2) is 5.96 Å². The van der Waals surface area contributed by atoms with Crippen LogP contribution in [0.25, 0.3) is 0 Å². The van der Waals surface area contributed by atoms with Crippen LogP contribution in [-0.2, 0) is 13.1 Å². The van der Waals surface area contributed by atoms with Gasteiger partial charge in [0, 0.05) is 71.2 Å². The number of aromatic nitrogens is 2. The summed E-state index contributed by atoms with van der Waals surface area (Å²) in [5, 5.41) is 7.43. The number of piperazine rings is 1. The Labute approximate surface area is 184 Å². The fourth-order valence-corrected chi connectivity index (χ4v) is 3.21. The summed E-state index contributed by atoms with van der Waals surface area (Å²) in [4.78, 5) is 16.1. The first-order valence-electron chi connectivity index (χ1n) is 9.43. The van der Waals surface area contributed by atoms with E-state index in [0.717, 1.165) is 62.3 Å². The van der Waals surface area contributed by atoms with Crippen LogP contribution in [0.2, 0.25) is 0 Å². The van der Waals surface area contributed by atoms with Crippen LogP contribution in [0.4, 0.5) is 5.82 Å². The van der Waals surface area contributed by atoms with E-state index in [-0.39, 0.29) is 24.0 Å². The van der Waals surface area contributed by atoms with E-state index in [1.165, 1.54) is 0 Å². The van der Waals surface area contributed by atoms with Gasteiger partial charge in [0.1, 0.15) is 12.1 Å². The number of anilines is 1. The van der Waals surface area contributed by atoms with Crippen LogP contribution in [0.3, 0.4) is 0 Å². The molecule has 1 fully saturated rings. The van der Waals surface area contributed by atoms with Crippen molar-refractivity contribution in [1.29, 1.82) is 0 Å². The van der Waals surface area contributed by atoms with Crippen LogP contribution < -0.4 is 10.2 Å². The number of guanidine groups is 1. The first kappa shape index (κ1) is 22.4. The Kier molecular flexibility index (Phi) is 8.97. The normalized spacial score (nSPS) is 15.2. The summed E-state index contributed by atoms with van der Waals surface area (Å²) in [7, 11) is 4.02. The molecule has 1 aliphatic heterocycles. The Morgan fingerprint density at radius 3 is 2.68 bits per heavy atom. The number of hydrogen-bond donors (Lipinski definition) is 1. The van der Waals surface area contributed by atoms with Crippen LogP contribution in [0, 0.1) is 0 Å². The third kappa shape index (κ3) is 6.06. The van der Waals surface area contributed by atoms with Gasteiger partial charge in [0.25, 0.3) is 0 Å². The summed E-state index contributed by atoms with van der Waals surface area (Å²) in [6, 6.07) is 5.98. The van der Waals surface area contributed by atoms with Gasteiger partial charge in [-0.15, -0.1) is 24.0 Å². The number of aliphatic imine (C=N–C) groups is 1. The fraction of sp³-hybridized carbons (Fsp3) is 0.526. The first-order valence-corrected chi connectivity index (χ1v) is 9.43. The molecule has 0 aliphatic carbocycles. The van der Waals surface area contributed by atoms with Gasteiger partial charge in [-0.3, -0.25) is 4.90 Å². The highest BCUT2D eigenvalue weighted by Crippen LogP contribution is 2.16. The Balaban J connectivity index is 0.00000280. The van der Waals surface area contributed by atoms with Crippen molar-refractivity contribution in [2.24, 2.45) is 4.99 Å². The van der Waals surface area contributed by atoms with E-state index >= 15 is 0 Å². The molecule has 0 unspecified atom stereocenters. The fourth-order valence-electron chi connectivity index (χ4n) is 3.21. The van der Waals surface area contributed by atoms with Gasteiger partial charge in [0.2, 0.25) is 0 Å². The average molecular weight is 499 g/mol. The molecule has 3 rings (SSSR count). The van der Waals surface area contributed by atoms with Crippen molar-refractivity contribution in [2.75, 3.05) is 51.7 Å². The van der Waals surface area contributed by atoms with E-state index in [2.05, 4.69) is 38.2 Å². The van der Waals surface area contributed by atoms with Gasteiger partial charge in [-0.2, -0.15) is 0 Å². The molecule has 1 N–H and O–H groups in total. The summed E-state index contributed by atoms with van der Waals surface area (Å²) >= 11 is 0. The first-order chi connectivity index (χ1) is 13.2. The molecule has 0 bridgehead atoms. The number of rotatable bonds is 6. The van der Waals surface area contributed by atoms with E-state index in [1.54, 1.807) is 6.26 Å². The second-order valence-electron chi connectivity index (χ2n) is 6.80. The Morgan fingerprint density at radius 2 is 2.04 bits per heavy atom. The number of halogens is 1. The predicted molar refractivity (Wildman–Crippen MR) is 122 cm³/mol. The zero-order valence-electron chi connectivity index (χ0n) is 16.8. The van der Waals surface area contributed by atoms with E-state index in [1.807, 2.05) is 37.3 Å². The quantitative estimate of drug-likeness (QED) is 0.371. The van der Waals surface area contributed by atoms with Crippen molar-refractivity contribution < 1.29 is 4.52 Å². The van der Waals surface area contributed by atoms with Crippen LogP contribution in [-0.4, -0.2) is 72.7 Å². The van der Waals surface area contributed by atoms with E-state index in [4.69, 9.17) is 9.52 Å². The highest BCUT2D eigenvalue weighted by atomic mass is 127. The highest BCUT2D eigenvalue weighted by Gasteiger charge is 2.20. The van der Waals surface area contributed by atoms with Gasteiger partial charge < -0.3 is 19.6 Å². The molecule has 154 valence electrons. The zero-order valence-corrected chi connectivity index (χ0v) is 19.2. The van der Waals surface area contributed by atoms with E-state index in [0.29, 0.717) is 6.54 Å². The molecular formula is C19H30IN7O. The molecule has 9 heteroatoms. The third-order valence-corrected chi connectivity index (χ3v) is 4.57. The monoisotopic (exact) mass is 499 g/mol. The maximum absolute atomic E-state index is 4.92. The minimum absolute atomic E-state index is 0. The number of nitrogens with one attached hydrogen (secondary N) is 1. The molecule has 8 nitrogen and oxygen atoms in total. The predicted octanol–water partition coefficient (Wildman–Crippen LogP) is 2.04. The van der Waals surface area contributed by atoms with Crippen molar-refractivity contribution >= 4 is 35.8 Å². The lowest BCUT2D eigenvalue weighted by Crippen LogP contribution is -2.52. The van der Waals surface area contributed by atoms with Gasteiger partial charge in [0.05, 0.1) is 12.2 Å². The molecule has 0 spiro atoms. The van der Waals surface area contributed by atoms with Gasteiger partial charge in [-0.25, -0.2) is 9.98 Å². The maximum Gasteiger partial charge on any atom is 0.194 e. The van der Waals surface area contributed by atoms with Crippen molar-refractivity contribution in [2.45, 2.75) is 20.0 Å². The van der Waals surface area contributed by atoms with Gasteiger partial charge in [-0.05, 0) is 13.0 Å². The van der Waals surface area contributed by atoms with Crippen molar-refractivity contribution in [3.8, 4) is 0 Å². The van der Waals surface area contributed by atoms with Crippen LogP contribution in [0.5, 0.6) is 0 Å². The molecular weight excluding hydrogens is 469 g/mol. The molecule has 2 aromatic heterocycles. The standard InChI is InChI=1S/C19H29N7O.HI/c1-4-20-19(22-14-16-6-5-8-21-18(16)24(2)3)26-11-9-25(10-12-26)15-17-7-13-27-23-17;/h5-8,13H,4,9-12,14-15H2,1-3H3,(H,20,22);1H. The molecule has 0 radical (unpaired) electrons. The lowest BCUT2D eigenvalue weighted by molar-refractivity contribution is 0.169. The molecule has 0 saturated carbocycles. The summed E-state index contributed by atoms with van der Waals surface area (Å²) in [5.41, 5.74) is 2.11. The second-order valence-corrected chi connectivity index (χ2v) is 6.80. The number of nitrogens with zero attached hydrogens (tertiary/aromatic N) is 6.